The fraction of sp³-hybridized carbons (Fsp3) is 0.308. The zero-order valence-electron chi connectivity index (χ0n) is 18.6. The molecule has 0 spiro atoms. The minimum Gasteiger partial charge on any atom is -0.454 e. The van der Waals surface area contributed by atoms with Crippen molar-refractivity contribution in [2.75, 3.05) is 18.2 Å². The molecule has 3 heterocycles. The SMILES string of the molecule is CC(C)CCNC(=O)[C@@H]1c2ccccc2C(=O)N(c2ccc3c(c2)OCO3)[C@H]1c1ccsc1. The summed E-state index contributed by atoms with van der Waals surface area (Å²) in [6.45, 7) is 5.03. The van der Waals surface area contributed by atoms with Crippen LogP contribution in [0, 0.1) is 5.92 Å². The van der Waals surface area contributed by atoms with Crippen LogP contribution in [0.25, 0.3) is 0 Å². The van der Waals surface area contributed by atoms with Gasteiger partial charge in [0.1, 0.15) is 0 Å². The average molecular weight is 463 g/mol. The van der Waals surface area contributed by atoms with E-state index >= 15 is 0 Å². The van der Waals surface area contributed by atoms with Crippen LogP contribution in [0.1, 0.15) is 53.7 Å². The van der Waals surface area contributed by atoms with Crippen LogP contribution in [-0.2, 0) is 4.79 Å². The van der Waals surface area contributed by atoms with E-state index in [2.05, 4.69) is 19.2 Å². The van der Waals surface area contributed by atoms with Gasteiger partial charge in [0.15, 0.2) is 11.5 Å². The van der Waals surface area contributed by atoms with E-state index < -0.39 is 12.0 Å². The summed E-state index contributed by atoms with van der Waals surface area (Å²) in [4.78, 5) is 29.2. The van der Waals surface area contributed by atoms with Crippen molar-refractivity contribution < 1.29 is 19.1 Å². The normalized spacial score (nSPS) is 19.0. The van der Waals surface area contributed by atoms with E-state index in [-0.39, 0.29) is 18.6 Å². The number of thiophene rings is 1. The number of rotatable bonds is 6. The molecule has 0 fully saturated rings. The lowest BCUT2D eigenvalue weighted by Crippen LogP contribution is -2.47. The van der Waals surface area contributed by atoms with Gasteiger partial charge in [-0.3, -0.25) is 14.5 Å². The maximum absolute atomic E-state index is 13.8. The van der Waals surface area contributed by atoms with E-state index in [1.54, 1.807) is 22.3 Å². The second-order valence-corrected chi connectivity index (χ2v) is 9.53. The van der Waals surface area contributed by atoms with Gasteiger partial charge in [-0.1, -0.05) is 32.0 Å². The van der Waals surface area contributed by atoms with Crippen LogP contribution in [0.15, 0.2) is 59.3 Å². The van der Waals surface area contributed by atoms with Crippen LogP contribution in [0.3, 0.4) is 0 Å². The largest absolute Gasteiger partial charge is 0.454 e. The van der Waals surface area contributed by atoms with Crippen LogP contribution in [0.4, 0.5) is 5.69 Å². The Hall–Kier alpha value is -3.32. The number of nitrogens with zero attached hydrogens (tertiary/aromatic N) is 1. The van der Waals surface area contributed by atoms with E-state index in [1.165, 1.54) is 0 Å². The van der Waals surface area contributed by atoms with Crippen molar-refractivity contribution in [2.24, 2.45) is 5.92 Å². The molecule has 0 radical (unpaired) electrons. The molecule has 0 unspecified atom stereocenters. The summed E-state index contributed by atoms with van der Waals surface area (Å²) in [6.07, 6.45) is 0.897. The van der Waals surface area contributed by atoms with Crippen molar-refractivity contribution in [2.45, 2.75) is 32.2 Å². The Morgan fingerprint density at radius 2 is 1.97 bits per heavy atom. The molecule has 7 heteroatoms. The van der Waals surface area contributed by atoms with Gasteiger partial charge in [-0.15, -0.1) is 0 Å². The molecule has 6 nitrogen and oxygen atoms in total. The predicted octanol–water partition coefficient (Wildman–Crippen LogP) is 5.12. The second-order valence-electron chi connectivity index (χ2n) is 8.75. The van der Waals surface area contributed by atoms with Gasteiger partial charge in [-0.05, 0) is 58.5 Å². The number of hydrogen-bond donors (Lipinski definition) is 1. The lowest BCUT2D eigenvalue weighted by Gasteiger charge is -2.41. The van der Waals surface area contributed by atoms with Gasteiger partial charge >= 0.3 is 0 Å². The van der Waals surface area contributed by atoms with Gasteiger partial charge in [0, 0.05) is 23.9 Å². The summed E-state index contributed by atoms with van der Waals surface area (Å²) in [5, 5.41) is 7.12. The summed E-state index contributed by atoms with van der Waals surface area (Å²) in [5.74, 6) is 0.999. The highest BCUT2D eigenvalue weighted by Gasteiger charge is 2.45. The Morgan fingerprint density at radius 3 is 2.76 bits per heavy atom. The lowest BCUT2D eigenvalue weighted by molar-refractivity contribution is -0.123. The zero-order valence-corrected chi connectivity index (χ0v) is 19.4. The van der Waals surface area contributed by atoms with Crippen molar-refractivity contribution in [3.8, 4) is 11.5 Å². The first kappa shape index (κ1) is 21.5. The molecule has 0 bridgehead atoms. The Balaban J connectivity index is 1.62. The van der Waals surface area contributed by atoms with Gasteiger partial charge in [-0.2, -0.15) is 11.3 Å². The van der Waals surface area contributed by atoms with E-state index in [1.807, 2.05) is 53.2 Å². The lowest BCUT2D eigenvalue weighted by atomic mass is 9.79. The monoisotopic (exact) mass is 462 g/mol. The minimum absolute atomic E-state index is 0.0717. The summed E-state index contributed by atoms with van der Waals surface area (Å²) in [6, 6.07) is 14.4. The number of amides is 2. The van der Waals surface area contributed by atoms with Gasteiger partial charge in [-0.25, -0.2) is 0 Å². The highest BCUT2D eigenvalue weighted by molar-refractivity contribution is 7.08. The number of fused-ring (bicyclic) bond motifs is 2. The molecule has 2 amide bonds. The summed E-state index contributed by atoms with van der Waals surface area (Å²) < 4.78 is 11.0. The molecule has 1 aromatic heterocycles. The summed E-state index contributed by atoms with van der Waals surface area (Å²) in [5.41, 5.74) is 2.92. The van der Waals surface area contributed by atoms with Crippen LogP contribution in [-0.4, -0.2) is 25.2 Å². The average Bonchev–Trinajstić information content (AvgIpc) is 3.50. The number of carbonyl (C=O) groups is 2. The Kier molecular flexibility index (Phi) is 5.81. The van der Waals surface area contributed by atoms with Gasteiger partial charge in [0.2, 0.25) is 12.7 Å². The molecule has 170 valence electrons. The fourth-order valence-corrected chi connectivity index (χ4v) is 5.20. The third-order valence-corrected chi connectivity index (χ3v) is 6.86. The maximum atomic E-state index is 13.8. The number of ether oxygens (including phenoxy) is 2. The van der Waals surface area contributed by atoms with Crippen LogP contribution >= 0.6 is 11.3 Å². The van der Waals surface area contributed by atoms with Crippen molar-refractivity contribution in [1.82, 2.24) is 5.32 Å². The molecule has 33 heavy (non-hydrogen) atoms. The van der Waals surface area contributed by atoms with E-state index in [0.29, 0.717) is 35.2 Å². The third-order valence-electron chi connectivity index (χ3n) is 6.16. The molecule has 5 rings (SSSR count). The quantitative estimate of drug-likeness (QED) is 0.552. The number of nitrogens with one attached hydrogen (secondary N) is 1. The van der Waals surface area contributed by atoms with Gasteiger partial charge in [0.05, 0.1) is 12.0 Å². The number of hydrogen-bond acceptors (Lipinski definition) is 5. The standard InChI is InChI=1S/C26H26N2O4S/c1-16(2)9-11-27-25(29)23-19-5-3-4-6-20(19)26(30)28(24(23)17-10-12-33-14-17)18-7-8-21-22(13-18)32-15-31-21/h3-8,10,12-14,16,23-24H,9,11,15H2,1-2H3,(H,27,29)/t23-,24+/m1/s1. The molecule has 1 N–H and O–H groups in total. The highest BCUT2D eigenvalue weighted by Crippen LogP contribution is 2.47. The van der Waals surface area contributed by atoms with Crippen molar-refractivity contribution in [1.29, 1.82) is 0 Å². The van der Waals surface area contributed by atoms with Gasteiger partial charge in [0.25, 0.3) is 5.91 Å². The number of carbonyl (C=O) groups excluding carboxylic acids is 2. The molecule has 2 atom stereocenters. The molecule has 0 saturated carbocycles. The number of benzene rings is 2. The Labute approximate surface area is 197 Å². The Bertz CT molecular complexity index is 1170. The van der Waals surface area contributed by atoms with E-state index in [0.717, 1.165) is 17.5 Å². The smallest absolute Gasteiger partial charge is 0.259 e. The molecular formula is C26H26N2O4S. The van der Waals surface area contributed by atoms with Crippen LogP contribution in [0.2, 0.25) is 0 Å². The molecular weight excluding hydrogens is 436 g/mol. The fourth-order valence-electron chi connectivity index (χ4n) is 4.51. The highest BCUT2D eigenvalue weighted by atomic mass is 32.1. The van der Waals surface area contributed by atoms with Crippen molar-refractivity contribution >= 4 is 28.8 Å². The van der Waals surface area contributed by atoms with E-state index in [4.69, 9.17) is 9.47 Å². The van der Waals surface area contributed by atoms with Crippen LogP contribution in [0.5, 0.6) is 11.5 Å². The molecule has 3 aromatic rings. The van der Waals surface area contributed by atoms with E-state index in [9.17, 15) is 9.59 Å². The topological polar surface area (TPSA) is 67.9 Å². The molecule has 0 saturated heterocycles. The third kappa shape index (κ3) is 3.97. The molecule has 0 aliphatic carbocycles. The first-order valence-electron chi connectivity index (χ1n) is 11.2. The van der Waals surface area contributed by atoms with Crippen molar-refractivity contribution in [3.05, 3.63) is 76.0 Å². The van der Waals surface area contributed by atoms with Gasteiger partial charge < -0.3 is 14.8 Å². The summed E-state index contributed by atoms with van der Waals surface area (Å²) in [7, 11) is 0. The first-order chi connectivity index (χ1) is 16.0. The second kappa shape index (κ2) is 8.90. The van der Waals surface area contributed by atoms with Crippen molar-refractivity contribution in [3.63, 3.8) is 0 Å². The zero-order chi connectivity index (χ0) is 22.9. The molecule has 2 aromatic carbocycles. The minimum atomic E-state index is -0.536. The van der Waals surface area contributed by atoms with Crippen LogP contribution < -0.4 is 19.7 Å². The predicted molar refractivity (Wildman–Crippen MR) is 128 cm³/mol. The number of anilines is 1. The summed E-state index contributed by atoms with van der Waals surface area (Å²) >= 11 is 1.55. The molecule has 2 aliphatic heterocycles. The Morgan fingerprint density at radius 1 is 1.15 bits per heavy atom. The molecule has 2 aliphatic rings. The first-order valence-corrected chi connectivity index (χ1v) is 12.1. The maximum Gasteiger partial charge on any atom is 0.259 e.